The van der Waals surface area contributed by atoms with Gasteiger partial charge in [-0.3, -0.25) is 10.1 Å². The first-order valence-electron chi connectivity index (χ1n) is 7.09. The average molecular weight is 262 g/mol. The van der Waals surface area contributed by atoms with Gasteiger partial charge in [-0.2, -0.15) is 0 Å². The van der Waals surface area contributed by atoms with E-state index in [0.717, 1.165) is 12.1 Å². The Bertz CT molecular complexity index is 459. The van der Waals surface area contributed by atoms with E-state index in [4.69, 9.17) is 0 Å². The Morgan fingerprint density at radius 2 is 2.00 bits per heavy atom. The maximum atomic E-state index is 11.0. The van der Waals surface area contributed by atoms with Crippen molar-refractivity contribution in [2.45, 2.75) is 52.0 Å². The first kappa shape index (κ1) is 13.8. The molecule has 2 atom stereocenters. The van der Waals surface area contributed by atoms with Crippen molar-refractivity contribution in [1.29, 1.82) is 0 Å². The number of rotatable bonds is 3. The molecule has 2 rings (SSSR count). The molecule has 0 saturated heterocycles. The van der Waals surface area contributed by atoms with Crippen LogP contribution in [0.5, 0.6) is 0 Å². The Morgan fingerprint density at radius 1 is 1.26 bits per heavy atom. The van der Waals surface area contributed by atoms with E-state index in [-0.39, 0.29) is 10.6 Å². The molecule has 0 radical (unpaired) electrons. The van der Waals surface area contributed by atoms with Crippen LogP contribution in [-0.4, -0.2) is 11.0 Å². The predicted molar refractivity (Wildman–Crippen MR) is 77.5 cm³/mol. The van der Waals surface area contributed by atoms with Gasteiger partial charge in [0.15, 0.2) is 0 Å². The van der Waals surface area contributed by atoms with Crippen LogP contribution in [0.15, 0.2) is 18.2 Å². The summed E-state index contributed by atoms with van der Waals surface area (Å²) < 4.78 is 0. The molecule has 4 heteroatoms. The summed E-state index contributed by atoms with van der Waals surface area (Å²) in [5.41, 5.74) is 1.78. The predicted octanol–water partition coefficient (Wildman–Crippen LogP) is 4.28. The minimum absolute atomic E-state index is 0.200. The summed E-state index contributed by atoms with van der Waals surface area (Å²) in [4.78, 5) is 10.7. The number of nitro groups is 1. The summed E-state index contributed by atoms with van der Waals surface area (Å²) in [7, 11) is 0. The van der Waals surface area contributed by atoms with Crippen molar-refractivity contribution in [2.75, 3.05) is 5.32 Å². The van der Waals surface area contributed by atoms with E-state index in [2.05, 4.69) is 12.2 Å². The molecule has 19 heavy (non-hydrogen) atoms. The number of nitrogens with one attached hydrogen (secondary N) is 1. The van der Waals surface area contributed by atoms with Crippen LogP contribution in [0.2, 0.25) is 0 Å². The highest BCUT2D eigenvalue weighted by Crippen LogP contribution is 2.28. The third-order valence-corrected chi connectivity index (χ3v) is 4.12. The van der Waals surface area contributed by atoms with E-state index in [9.17, 15) is 10.1 Å². The van der Waals surface area contributed by atoms with E-state index in [1.807, 2.05) is 12.1 Å². The summed E-state index contributed by atoms with van der Waals surface area (Å²) >= 11 is 0. The van der Waals surface area contributed by atoms with E-state index < -0.39 is 0 Å². The number of nitro benzene ring substituents is 1. The second kappa shape index (κ2) is 6.04. The molecular formula is C15H22N2O2. The number of nitrogens with zero attached hydrogens (tertiary/aromatic N) is 1. The lowest BCUT2D eigenvalue weighted by molar-refractivity contribution is -0.385. The van der Waals surface area contributed by atoms with Gasteiger partial charge in [-0.25, -0.2) is 0 Å². The zero-order valence-corrected chi connectivity index (χ0v) is 11.7. The van der Waals surface area contributed by atoms with Gasteiger partial charge in [0.2, 0.25) is 0 Å². The lowest BCUT2D eigenvalue weighted by Gasteiger charge is -2.24. The number of anilines is 1. The standard InChI is InChI=1S/C15H22N2O2/c1-11-6-4-3-5-7-14(11)16-13-9-8-12(2)15(10-13)17(18)19/h8-11,14,16H,3-7H2,1-2H3. The average Bonchev–Trinajstić information content (AvgIpc) is 2.57. The molecule has 1 aliphatic rings. The highest BCUT2D eigenvalue weighted by molar-refractivity contribution is 5.55. The van der Waals surface area contributed by atoms with Gasteiger partial charge in [0.25, 0.3) is 5.69 Å². The first-order valence-corrected chi connectivity index (χ1v) is 7.09. The summed E-state index contributed by atoms with van der Waals surface area (Å²) in [5, 5.41) is 14.5. The van der Waals surface area contributed by atoms with Crippen LogP contribution in [0.1, 0.15) is 44.6 Å². The molecule has 1 aromatic rings. The van der Waals surface area contributed by atoms with E-state index in [1.165, 1.54) is 25.7 Å². The molecule has 0 aliphatic heterocycles. The summed E-state index contributed by atoms with van der Waals surface area (Å²) in [6.45, 7) is 4.04. The van der Waals surface area contributed by atoms with Crippen LogP contribution in [0.3, 0.4) is 0 Å². The molecule has 0 amide bonds. The van der Waals surface area contributed by atoms with Crippen LogP contribution in [0.25, 0.3) is 0 Å². The van der Waals surface area contributed by atoms with Gasteiger partial charge in [-0.05, 0) is 31.7 Å². The number of benzene rings is 1. The normalized spacial score (nSPS) is 23.7. The maximum Gasteiger partial charge on any atom is 0.274 e. The van der Waals surface area contributed by atoms with E-state index in [0.29, 0.717) is 17.5 Å². The Hall–Kier alpha value is -1.58. The van der Waals surface area contributed by atoms with Gasteiger partial charge < -0.3 is 5.32 Å². The smallest absolute Gasteiger partial charge is 0.274 e. The summed E-state index contributed by atoms with van der Waals surface area (Å²) in [6.07, 6.45) is 6.24. The quantitative estimate of drug-likeness (QED) is 0.502. The number of hydrogen-bond acceptors (Lipinski definition) is 3. The van der Waals surface area contributed by atoms with Gasteiger partial charge in [0.05, 0.1) is 4.92 Å². The molecule has 0 spiro atoms. The third kappa shape index (κ3) is 3.46. The molecule has 2 unspecified atom stereocenters. The molecule has 1 fully saturated rings. The van der Waals surface area contributed by atoms with Gasteiger partial charge in [-0.15, -0.1) is 0 Å². The largest absolute Gasteiger partial charge is 0.382 e. The fraction of sp³-hybridized carbons (Fsp3) is 0.600. The van der Waals surface area contributed by atoms with Crippen molar-refractivity contribution in [3.05, 3.63) is 33.9 Å². The van der Waals surface area contributed by atoms with Gasteiger partial charge in [0.1, 0.15) is 0 Å². The molecular weight excluding hydrogens is 240 g/mol. The summed E-state index contributed by atoms with van der Waals surface area (Å²) in [5.74, 6) is 0.628. The lowest BCUT2D eigenvalue weighted by atomic mass is 9.96. The molecule has 1 saturated carbocycles. The second-order valence-electron chi connectivity index (χ2n) is 5.62. The Morgan fingerprint density at radius 3 is 2.74 bits per heavy atom. The zero-order valence-electron chi connectivity index (χ0n) is 11.7. The van der Waals surface area contributed by atoms with Crippen molar-refractivity contribution in [1.82, 2.24) is 0 Å². The van der Waals surface area contributed by atoms with Crippen molar-refractivity contribution in [3.8, 4) is 0 Å². The topological polar surface area (TPSA) is 55.2 Å². The minimum Gasteiger partial charge on any atom is -0.382 e. The van der Waals surface area contributed by atoms with Gasteiger partial charge >= 0.3 is 0 Å². The molecule has 0 aromatic heterocycles. The SMILES string of the molecule is Cc1ccc(NC2CCCCCC2C)cc1[N+](=O)[O-]. The highest BCUT2D eigenvalue weighted by Gasteiger charge is 2.20. The first-order chi connectivity index (χ1) is 9.08. The van der Waals surface area contributed by atoms with Gasteiger partial charge in [0, 0.05) is 23.4 Å². The monoisotopic (exact) mass is 262 g/mol. The van der Waals surface area contributed by atoms with Crippen LogP contribution < -0.4 is 5.32 Å². The minimum atomic E-state index is -0.308. The third-order valence-electron chi connectivity index (χ3n) is 4.12. The zero-order chi connectivity index (χ0) is 13.8. The Balaban J connectivity index is 2.13. The fourth-order valence-electron chi connectivity index (χ4n) is 2.82. The van der Waals surface area contributed by atoms with Crippen LogP contribution >= 0.6 is 0 Å². The Labute approximate surface area is 114 Å². The molecule has 1 aromatic carbocycles. The van der Waals surface area contributed by atoms with Crippen molar-refractivity contribution >= 4 is 11.4 Å². The Kier molecular flexibility index (Phi) is 4.40. The number of aryl methyl sites for hydroxylation is 1. The van der Waals surface area contributed by atoms with Crippen molar-refractivity contribution in [3.63, 3.8) is 0 Å². The second-order valence-corrected chi connectivity index (χ2v) is 5.62. The van der Waals surface area contributed by atoms with Gasteiger partial charge in [-0.1, -0.05) is 32.3 Å². The molecule has 1 N–H and O–H groups in total. The molecule has 1 aliphatic carbocycles. The molecule has 0 heterocycles. The van der Waals surface area contributed by atoms with Crippen molar-refractivity contribution in [2.24, 2.45) is 5.92 Å². The van der Waals surface area contributed by atoms with Crippen LogP contribution in [-0.2, 0) is 0 Å². The number of hydrogen-bond donors (Lipinski definition) is 1. The van der Waals surface area contributed by atoms with Crippen LogP contribution in [0, 0.1) is 23.0 Å². The van der Waals surface area contributed by atoms with E-state index >= 15 is 0 Å². The fourth-order valence-corrected chi connectivity index (χ4v) is 2.82. The molecule has 4 nitrogen and oxygen atoms in total. The molecule has 0 bridgehead atoms. The summed E-state index contributed by atoms with van der Waals surface area (Å²) in [6, 6.07) is 5.86. The van der Waals surface area contributed by atoms with E-state index in [1.54, 1.807) is 13.0 Å². The molecule has 104 valence electrons. The van der Waals surface area contributed by atoms with Crippen molar-refractivity contribution < 1.29 is 4.92 Å². The highest BCUT2D eigenvalue weighted by atomic mass is 16.6. The lowest BCUT2D eigenvalue weighted by Crippen LogP contribution is -2.26. The van der Waals surface area contributed by atoms with Crippen LogP contribution in [0.4, 0.5) is 11.4 Å². The maximum absolute atomic E-state index is 11.0.